The first-order chi connectivity index (χ1) is 6.61. The molecule has 0 unspecified atom stereocenters. The Kier molecular flexibility index (Phi) is 6.46. The van der Waals surface area contributed by atoms with Crippen molar-refractivity contribution in [3.05, 3.63) is 35.4 Å². The smallest absolute Gasteiger partial charge is 0.248 e. The first-order valence-corrected chi connectivity index (χ1v) is 4.98. The van der Waals surface area contributed by atoms with E-state index in [2.05, 4.69) is 13.8 Å². The summed E-state index contributed by atoms with van der Waals surface area (Å²) in [6.07, 6.45) is 2.64. The third-order valence-electron chi connectivity index (χ3n) is 1.80. The monoisotopic (exact) mass is 193 g/mol. The van der Waals surface area contributed by atoms with E-state index in [-0.39, 0.29) is 5.91 Å². The first-order valence-electron chi connectivity index (χ1n) is 4.98. The quantitative estimate of drug-likeness (QED) is 0.771. The molecule has 2 heteroatoms. The number of amides is 1. The number of nitrogens with two attached hydrogens (primary N) is 1. The lowest BCUT2D eigenvalue weighted by Crippen LogP contribution is -2.10. The van der Waals surface area contributed by atoms with Gasteiger partial charge in [0, 0.05) is 5.56 Å². The van der Waals surface area contributed by atoms with Gasteiger partial charge in [0.25, 0.3) is 0 Å². The minimum absolute atomic E-state index is 0.372. The second-order valence-corrected chi connectivity index (χ2v) is 3.23. The molecule has 0 bridgehead atoms. The maximum absolute atomic E-state index is 10.6. The van der Waals surface area contributed by atoms with Gasteiger partial charge in [-0.25, -0.2) is 0 Å². The van der Waals surface area contributed by atoms with Gasteiger partial charge in [-0.3, -0.25) is 4.79 Å². The molecular weight excluding hydrogens is 174 g/mol. The molecule has 0 radical (unpaired) electrons. The fourth-order valence-electron chi connectivity index (χ4n) is 0.798. The number of carbonyl (C=O) groups is 1. The van der Waals surface area contributed by atoms with Crippen LogP contribution in [0.5, 0.6) is 0 Å². The van der Waals surface area contributed by atoms with Crippen LogP contribution in [0.15, 0.2) is 24.3 Å². The summed E-state index contributed by atoms with van der Waals surface area (Å²) in [4.78, 5) is 10.6. The molecule has 0 aliphatic rings. The van der Waals surface area contributed by atoms with Crippen LogP contribution < -0.4 is 5.73 Å². The van der Waals surface area contributed by atoms with Gasteiger partial charge in [0.05, 0.1) is 0 Å². The van der Waals surface area contributed by atoms with Crippen molar-refractivity contribution in [1.82, 2.24) is 0 Å². The molecule has 0 aliphatic carbocycles. The van der Waals surface area contributed by atoms with Gasteiger partial charge in [-0.1, -0.05) is 44.4 Å². The number of primary amides is 1. The topological polar surface area (TPSA) is 43.1 Å². The zero-order valence-electron chi connectivity index (χ0n) is 9.21. The van der Waals surface area contributed by atoms with Gasteiger partial charge in [-0.05, 0) is 19.1 Å². The van der Waals surface area contributed by atoms with Crippen molar-refractivity contribution in [3.8, 4) is 0 Å². The number of benzene rings is 1. The van der Waals surface area contributed by atoms with Gasteiger partial charge in [0.15, 0.2) is 0 Å². The Morgan fingerprint density at radius 2 is 1.86 bits per heavy atom. The highest BCUT2D eigenvalue weighted by molar-refractivity contribution is 5.92. The molecule has 78 valence electrons. The van der Waals surface area contributed by atoms with Gasteiger partial charge in [-0.15, -0.1) is 0 Å². The van der Waals surface area contributed by atoms with Crippen molar-refractivity contribution < 1.29 is 4.79 Å². The van der Waals surface area contributed by atoms with E-state index in [1.54, 1.807) is 12.1 Å². The molecule has 0 saturated heterocycles. The number of hydrogen-bond donors (Lipinski definition) is 1. The molecule has 0 atom stereocenters. The molecule has 14 heavy (non-hydrogen) atoms. The molecule has 0 aliphatic heterocycles. The molecule has 1 rings (SSSR count). The standard InChI is InChI=1S/C8H9NO.C4H10/c1-6-3-2-4-7(5-6)8(9)10;1-3-4-2/h2-5H,1H3,(H2,9,10);3-4H2,1-2H3. The Bertz CT molecular complexity index is 279. The fourth-order valence-corrected chi connectivity index (χ4v) is 0.798. The van der Waals surface area contributed by atoms with E-state index in [0.717, 1.165) is 5.56 Å². The van der Waals surface area contributed by atoms with E-state index in [4.69, 9.17) is 5.73 Å². The summed E-state index contributed by atoms with van der Waals surface area (Å²) in [6.45, 7) is 6.28. The third-order valence-corrected chi connectivity index (χ3v) is 1.80. The van der Waals surface area contributed by atoms with E-state index in [0.29, 0.717) is 5.56 Å². The maximum Gasteiger partial charge on any atom is 0.248 e. The lowest BCUT2D eigenvalue weighted by atomic mass is 10.1. The Balaban J connectivity index is 0.000000364. The normalized spacial score (nSPS) is 8.79. The zero-order valence-corrected chi connectivity index (χ0v) is 9.21. The molecule has 1 amide bonds. The van der Waals surface area contributed by atoms with Crippen molar-refractivity contribution >= 4 is 5.91 Å². The van der Waals surface area contributed by atoms with Crippen LogP contribution in [0.2, 0.25) is 0 Å². The van der Waals surface area contributed by atoms with Gasteiger partial charge >= 0.3 is 0 Å². The summed E-state index contributed by atoms with van der Waals surface area (Å²) in [6, 6.07) is 7.21. The first kappa shape index (κ1) is 12.7. The fraction of sp³-hybridized carbons (Fsp3) is 0.417. The SMILES string of the molecule is CCCC.Cc1cccc(C(N)=O)c1. The van der Waals surface area contributed by atoms with Crippen LogP contribution in [-0.2, 0) is 0 Å². The number of unbranched alkanes of at least 4 members (excludes halogenated alkanes) is 1. The summed E-state index contributed by atoms with van der Waals surface area (Å²) in [5, 5.41) is 0. The van der Waals surface area contributed by atoms with Crippen molar-refractivity contribution in [1.29, 1.82) is 0 Å². The van der Waals surface area contributed by atoms with Crippen LogP contribution >= 0.6 is 0 Å². The lowest BCUT2D eigenvalue weighted by molar-refractivity contribution is 0.1000. The van der Waals surface area contributed by atoms with Gasteiger partial charge in [-0.2, -0.15) is 0 Å². The van der Waals surface area contributed by atoms with Crippen LogP contribution in [-0.4, -0.2) is 5.91 Å². The van der Waals surface area contributed by atoms with Gasteiger partial charge in [0.1, 0.15) is 0 Å². The molecule has 2 nitrogen and oxygen atoms in total. The second kappa shape index (κ2) is 7.13. The van der Waals surface area contributed by atoms with Crippen molar-refractivity contribution in [2.24, 2.45) is 5.73 Å². The Labute approximate surface area is 86.1 Å². The van der Waals surface area contributed by atoms with Crippen molar-refractivity contribution in [2.75, 3.05) is 0 Å². The van der Waals surface area contributed by atoms with Crippen molar-refractivity contribution in [3.63, 3.8) is 0 Å². The van der Waals surface area contributed by atoms with E-state index in [1.165, 1.54) is 12.8 Å². The van der Waals surface area contributed by atoms with E-state index < -0.39 is 0 Å². The average Bonchev–Trinajstić information content (AvgIpc) is 2.18. The predicted octanol–water partition coefficient (Wildman–Crippen LogP) is 2.90. The number of aryl methyl sites for hydroxylation is 1. The van der Waals surface area contributed by atoms with Crippen LogP contribution in [0.25, 0.3) is 0 Å². The van der Waals surface area contributed by atoms with E-state index in [1.807, 2.05) is 19.1 Å². The number of rotatable bonds is 2. The summed E-state index contributed by atoms with van der Waals surface area (Å²) < 4.78 is 0. The Morgan fingerprint density at radius 3 is 2.14 bits per heavy atom. The summed E-state index contributed by atoms with van der Waals surface area (Å²) in [5.74, 6) is -0.372. The minimum atomic E-state index is -0.372. The highest BCUT2D eigenvalue weighted by Crippen LogP contribution is 2.01. The molecule has 0 spiro atoms. The summed E-state index contributed by atoms with van der Waals surface area (Å²) in [7, 11) is 0. The molecule has 2 N–H and O–H groups in total. The van der Waals surface area contributed by atoms with Crippen LogP contribution in [0.3, 0.4) is 0 Å². The third kappa shape index (κ3) is 5.36. The highest BCUT2D eigenvalue weighted by Gasteiger charge is 1.96. The van der Waals surface area contributed by atoms with Crippen LogP contribution in [0.1, 0.15) is 42.6 Å². The van der Waals surface area contributed by atoms with Crippen LogP contribution in [0.4, 0.5) is 0 Å². The van der Waals surface area contributed by atoms with E-state index >= 15 is 0 Å². The van der Waals surface area contributed by atoms with Gasteiger partial charge < -0.3 is 5.73 Å². The molecule has 0 fully saturated rings. The average molecular weight is 193 g/mol. The molecule has 1 aromatic rings. The molecule has 0 saturated carbocycles. The second-order valence-electron chi connectivity index (χ2n) is 3.23. The summed E-state index contributed by atoms with van der Waals surface area (Å²) in [5.41, 5.74) is 6.67. The highest BCUT2D eigenvalue weighted by atomic mass is 16.1. The molecule has 0 aromatic heterocycles. The predicted molar refractivity (Wildman–Crippen MR) is 60.3 cm³/mol. The van der Waals surface area contributed by atoms with Crippen molar-refractivity contribution in [2.45, 2.75) is 33.6 Å². The molecular formula is C12H19NO. The largest absolute Gasteiger partial charge is 0.366 e. The minimum Gasteiger partial charge on any atom is -0.366 e. The molecule has 1 aromatic carbocycles. The molecule has 0 heterocycles. The van der Waals surface area contributed by atoms with Gasteiger partial charge in [0.2, 0.25) is 5.91 Å². The maximum atomic E-state index is 10.6. The lowest BCUT2D eigenvalue weighted by Gasteiger charge is -1.94. The Morgan fingerprint density at radius 1 is 1.29 bits per heavy atom. The van der Waals surface area contributed by atoms with Crippen LogP contribution in [0, 0.1) is 6.92 Å². The number of hydrogen-bond acceptors (Lipinski definition) is 1. The number of carbonyl (C=O) groups excluding carboxylic acids is 1. The summed E-state index contributed by atoms with van der Waals surface area (Å²) >= 11 is 0. The zero-order chi connectivity index (χ0) is 11.0. The Hall–Kier alpha value is -1.31. The van der Waals surface area contributed by atoms with E-state index in [9.17, 15) is 4.79 Å².